The lowest BCUT2D eigenvalue weighted by atomic mass is 9.89. The lowest BCUT2D eigenvalue weighted by Gasteiger charge is -2.20. The van der Waals surface area contributed by atoms with Crippen LogP contribution in [0.4, 0.5) is 0 Å². The van der Waals surface area contributed by atoms with Crippen molar-refractivity contribution in [1.82, 2.24) is 0 Å². The maximum Gasteiger partial charge on any atom is 0.362 e. The molecule has 0 saturated carbocycles. The zero-order valence-electron chi connectivity index (χ0n) is 7.36. The van der Waals surface area contributed by atoms with Crippen LogP contribution in [-0.2, 0) is 0 Å². The lowest BCUT2D eigenvalue weighted by molar-refractivity contribution is -0.505. The number of hydrogen-bond acceptors (Lipinski definition) is 1. The number of rotatable bonds is 0. The SMILES string of the molecule is CC1=CC2C(O)=CC(O)=[NH+]C2C=C1. The molecule has 13 heavy (non-hydrogen) atoms. The quantitative estimate of drug-likeness (QED) is 0.488. The first-order valence-corrected chi connectivity index (χ1v) is 4.26. The van der Waals surface area contributed by atoms with Gasteiger partial charge in [-0.3, -0.25) is 0 Å². The van der Waals surface area contributed by atoms with Gasteiger partial charge in [0.25, 0.3) is 0 Å². The Labute approximate surface area is 76.4 Å². The fourth-order valence-corrected chi connectivity index (χ4v) is 1.67. The Morgan fingerprint density at radius 2 is 2.15 bits per heavy atom. The highest BCUT2D eigenvalue weighted by atomic mass is 16.3. The first kappa shape index (κ1) is 8.10. The van der Waals surface area contributed by atoms with Crippen LogP contribution in [0.1, 0.15) is 6.92 Å². The number of aliphatic hydroxyl groups is 2. The molecular formula is C10H12NO2+. The van der Waals surface area contributed by atoms with Crippen LogP contribution < -0.4 is 4.99 Å². The molecule has 0 spiro atoms. The third-order valence-electron chi connectivity index (χ3n) is 2.34. The van der Waals surface area contributed by atoms with E-state index in [-0.39, 0.29) is 23.6 Å². The maximum absolute atomic E-state index is 9.55. The predicted octanol–water partition coefficient (Wildman–Crippen LogP) is -0.0201. The molecule has 0 aromatic heterocycles. The summed E-state index contributed by atoms with van der Waals surface area (Å²) in [6.07, 6.45) is 7.25. The third kappa shape index (κ3) is 1.37. The molecule has 1 aliphatic carbocycles. The minimum Gasteiger partial charge on any atom is -0.511 e. The molecule has 0 radical (unpaired) electrons. The summed E-state index contributed by atoms with van der Waals surface area (Å²) in [6.45, 7) is 1.98. The number of allylic oxidation sites excluding steroid dienone is 2. The molecule has 3 heteroatoms. The van der Waals surface area contributed by atoms with Gasteiger partial charge in [0.1, 0.15) is 11.7 Å². The average molecular weight is 178 g/mol. The van der Waals surface area contributed by atoms with Crippen molar-refractivity contribution in [2.45, 2.75) is 13.0 Å². The Kier molecular flexibility index (Phi) is 1.72. The molecule has 3 N–H and O–H groups in total. The van der Waals surface area contributed by atoms with Crippen molar-refractivity contribution in [1.29, 1.82) is 0 Å². The highest BCUT2D eigenvalue weighted by Crippen LogP contribution is 2.21. The fourth-order valence-electron chi connectivity index (χ4n) is 1.67. The molecule has 0 aromatic rings. The monoisotopic (exact) mass is 178 g/mol. The second kappa shape index (κ2) is 2.76. The Bertz CT molecular complexity index is 350. The summed E-state index contributed by atoms with van der Waals surface area (Å²) < 4.78 is 0. The van der Waals surface area contributed by atoms with Gasteiger partial charge in [0.15, 0.2) is 6.04 Å². The summed E-state index contributed by atoms with van der Waals surface area (Å²) in [6, 6.07) is -0.0197. The number of hydrogen-bond donors (Lipinski definition) is 3. The molecule has 0 saturated heterocycles. The first-order valence-electron chi connectivity index (χ1n) is 4.26. The van der Waals surface area contributed by atoms with E-state index in [4.69, 9.17) is 0 Å². The van der Waals surface area contributed by atoms with E-state index in [9.17, 15) is 10.2 Å². The van der Waals surface area contributed by atoms with Crippen LogP contribution in [0.3, 0.4) is 0 Å². The molecule has 3 nitrogen and oxygen atoms in total. The predicted molar refractivity (Wildman–Crippen MR) is 49.5 cm³/mol. The van der Waals surface area contributed by atoms with Crippen LogP contribution in [0.5, 0.6) is 0 Å². The van der Waals surface area contributed by atoms with Gasteiger partial charge in [-0.1, -0.05) is 17.7 Å². The molecule has 0 amide bonds. The second-order valence-electron chi connectivity index (χ2n) is 3.42. The number of nitrogens with one attached hydrogen (secondary N) is 1. The van der Waals surface area contributed by atoms with E-state index in [1.165, 1.54) is 6.08 Å². The number of aliphatic hydroxyl groups excluding tert-OH is 2. The molecule has 1 heterocycles. The molecule has 2 rings (SSSR count). The van der Waals surface area contributed by atoms with Gasteiger partial charge in [-0.15, -0.1) is 0 Å². The Hall–Kier alpha value is -1.51. The summed E-state index contributed by atoms with van der Waals surface area (Å²) in [5, 5.41) is 18.8. The summed E-state index contributed by atoms with van der Waals surface area (Å²) in [4.78, 5) is 2.87. The van der Waals surface area contributed by atoms with E-state index in [0.717, 1.165) is 5.57 Å². The van der Waals surface area contributed by atoms with Crippen molar-refractivity contribution in [2.24, 2.45) is 5.92 Å². The van der Waals surface area contributed by atoms with Crippen LogP contribution in [0.2, 0.25) is 0 Å². The molecule has 2 atom stereocenters. The minimum atomic E-state index is -0.0408. The molecule has 2 aliphatic rings. The molecule has 0 fully saturated rings. The van der Waals surface area contributed by atoms with E-state index >= 15 is 0 Å². The van der Waals surface area contributed by atoms with E-state index in [1.807, 2.05) is 25.2 Å². The van der Waals surface area contributed by atoms with Gasteiger partial charge in [-0.25, -0.2) is 4.99 Å². The van der Waals surface area contributed by atoms with Gasteiger partial charge < -0.3 is 10.2 Å². The van der Waals surface area contributed by atoms with Gasteiger partial charge in [-0.05, 0) is 13.0 Å². The van der Waals surface area contributed by atoms with Gasteiger partial charge in [0.2, 0.25) is 0 Å². The average Bonchev–Trinajstić information content (AvgIpc) is 2.06. The van der Waals surface area contributed by atoms with Crippen LogP contribution in [0.25, 0.3) is 0 Å². The maximum atomic E-state index is 9.55. The zero-order chi connectivity index (χ0) is 9.42. The Balaban J connectivity index is 2.37. The van der Waals surface area contributed by atoms with E-state index < -0.39 is 0 Å². The molecule has 1 aliphatic heterocycles. The van der Waals surface area contributed by atoms with E-state index in [0.29, 0.717) is 0 Å². The highest BCUT2D eigenvalue weighted by Gasteiger charge is 2.32. The standard InChI is InChI=1S/C10H11NO2/c1-6-2-3-8-7(4-6)9(12)5-10(13)11-8/h2-5,7-8,12H,1H3,(H,11,13)/p+1. The normalized spacial score (nSPS) is 31.6. The minimum absolute atomic E-state index is 0.0197. The summed E-state index contributed by atoms with van der Waals surface area (Å²) in [7, 11) is 0. The van der Waals surface area contributed by atoms with Gasteiger partial charge in [0, 0.05) is 0 Å². The molecule has 0 bridgehead atoms. The summed E-state index contributed by atoms with van der Waals surface area (Å²) >= 11 is 0. The lowest BCUT2D eigenvalue weighted by Crippen LogP contribution is -2.82. The second-order valence-corrected chi connectivity index (χ2v) is 3.42. The molecular weight excluding hydrogens is 166 g/mol. The van der Waals surface area contributed by atoms with Crippen LogP contribution in [0, 0.1) is 5.92 Å². The molecule has 2 unspecified atom stereocenters. The smallest absolute Gasteiger partial charge is 0.362 e. The Morgan fingerprint density at radius 3 is 2.92 bits per heavy atom. The fraction of sp³-hybridized carbons (Fsp3) is 0.300. The van der Waals surface area contributed by atoms with E-state index in [2.05, 4.69) is 4.99 Å². The van der Waals surface area contributed by atoms with E-state index in [1.54, 1.807) is 0 Å². The van der Waals surface area contributed by atoms with Gasteiger partial charge >= 0.3 is 5.90 Å². The first-order chi connectivity index (χ1) is 6.16. The van der Waals surface area contributed by atoms with Crippen LogP contribution in [0.15, 0.2) is 35.6 Å². The van der Waals surface area contributed by atoms with Gasteiger partial charge in [-0.2, -0.15) is 0 Å². The van der Waals surface area contributed by atoms with Crippen molar-refractivity contribution < 1.29 is 15.2 Å². The third-order valence-corrected chi connectivity index (χ3v) is 2.34. The zero-order valence-corrected chi connectivity index (χ0v) is 7.36. The topological polar surface area (TPSA) is 54.4 Å². The largest absolute Gasteiger partial charge is 0.511 e. The summed E-state index contributed by atoms with van der Waals surface area (Å²) in [5.74, 6) is 0.196. The van der Waals surface area contributed by atoms with Crippen LogP contribution in [-0.4, -0.2) is 22.2 Å². The highest BCUT2D eigenvalue weighted by molar-refractivity contribution is 5.81. The van der Waals surface area contributed by atoms with Crippen molar-refractivity contribution in [2.75, 3.05) is 0 Å². The van der Waals surface area contributed by atoms with Gasteiger partial charge in [0.05, 0.1) is 6.08 Å². The molecule has 68 valence electrons. The molecule has 0 aromatic carbocycles. The summed E-state index contributed by atoms with van der Waals surface area (Å²) in [5.41, 5.74) is 1.13. The Morgan fingerprint density at radius 1 is 1.38 bits per heavy atom. The van der Waals surface area contributed by atoms with Crippen molar-refractivity contribution in [3.05, 3.63) is 35.6 Å². The number of fused-ring (bicyclic) bond motifs is 1. The van der Waals surface area contributed by atoms with Crippen molar-refractivity contribution in [3.63, 3.8) is 0 Å². The van der Waals surface area contributed by atoms with Crippen molar-refractivity contribution >= 4 is 5.90 Å². The van der Waals surface area contributed by atoms with Crippen molar-refractivity contribution in [3.8, 4) is 0 Å². The van der Waals surface area contributed by atoms with Crippen LogP contribution >= 0.6 is 0 Å².